The molecule has 0 amide bonds. The van der Waals surface area contributed by atoms with Gasteiger partial charge in [0, 0.05) is 18.8 Å². The number of aliphatic imine (C=N–C) groups is 1. The van der Waals surface area contributed by atoms with Gasteiger partial charge in [-0.3, -0.25) is 0 Å². The minimum absolute atomic E-state index is 0.442. The Morgan fingerprint density at radius 1 is 1.33 bits per heavy atom. The molecule has 0 saturated carbocycles. The van der Waals surface area contributed by atoms with Crippen LogP contribution in [0, 0.1) is 0 Å². The fraction of sp³-hybridized carbons (Fsp3) is 0.353. The molecular formula is C17H24N6O. The first-order valence-electron chi connectivity index (χ1n) is 8.02. The second-order valence-electron chi connectivity index (χ2n) is 4.95. The summed E-state index contributed by atoms with van der Waals surface area (Å²) in [4.78, 5) is 4.56. The topological polar surface area (TPSA) is 76.4 Å². The van der Waals surface area contributed by atoms with Gasteiger partial charge in [-0.2, -0.15) is 0 Å². The normalized spacial score (nSPS) is 11.2. The van der Waals surface area contributed by atoms with Crippen LogP contribution in [0.15, 0.2) is 48.2 Å². The number of aromatic nitrogens is 3. The lowest BCUT2D eigenvalue weighted by Crippen LogP contribution is -2.31. The Morgan fingerprint density at radius 3 is 2.79 bits per heavy atom. The molecule has 0 bridgehead atoms. The summed E-state index contributed by atoms with van der Waals surface area (Å²) in [5.74, 6) is 2.32. The number of hydrogen-bond acceptors (Lipinski definition) is 4. The van der Waals surface area contributed by atoms with Gasteiger partial charge in [-0.25, -0.2) is 4.99 Å². The summed E-state index contributed by atoms with van der Waals surface area (Å²) in [5, 5.41) is 14.5. The van der Waals surface area contributed by atoms with Crippen LogP contribution in [0.4, 0.5) is 5.69 Å². The molecule has 0 unspecified atom stereocenters. The quantitative estimate of drug-likeness (QED) is 0.442. The van der Waals surface area contributed by atoms with Gasteiger partial charge in [-0.15, -0.1) is 16.8 Å². The van der Waals surface area contributed by atoms with E-state index in [4.69, 9.17) is 4.74 Å². The van der Waals surface area contributed by atoms with Crippen molar-refractivity contribution in [1.29, 1.82) is 0 Å². The summed E-state index contributed by atoms with van der Waals surface area (Å²) in [6, 6.07) is 7.74. The zero-order valence-corrected chi connectivity index (χ0v) is 14.2. The van der Waals surface area contributed by atoms with Crippen LogP contribution in [0.2, 0.25) is 0 Å². The van der Waals surface area contributed by atoms with E-state index >= 15 is 0 Å². The Balaban J connectivity index is 2.06. The number of anilines is 1. The van der Waals surface area contributed by atoms with Gasteiger partial charge >= 0.3 is 0 Å². The van der Waals surface area contributed by atoms with Crippen LogP contribution < -0.4 is 15.4 Å². The van der Waals surface area contributed by atoms with Crippen molar-refractivity contribution in [2.75, 3.05) is 18.5 Å². The van der Waals surface area contributed by atoms with Gasteiger partial charge in [0.05, 0.1) is 6.61 Å². The highest BCUT2D eigenvalue weighted by Gasteiger charge is 2.04. The van der Waals surface area contributed by atoms with Crippen molar-refractivity contribution in [1.82, 2.24) is 20.1 Å². The third-order valence-corrected chi connectivity index (χ3v) is 3.26. The molecular weight excluding hydrogens is 304 g/mol. The van der Waals surface area contributed by atoms with Gasteiger partial charge in [0.25, 0.3) is 0 Å². The van der Waals surface area contributed by atoms with E-state index in [1.165, 1.54) is 0 Å². The number of aryl methyl sites for hydroxylation is 1. The highest BCUT2D eigenvalue weighted by molar-refractivity contribution is 5.93. The van der Waals surface area contributed by atoms with Crippen LogP contribution in [0.25, 0.3) is 0 Å². The molecule has 1 heterocycles. The summed E-state index contributed by atoms with van der Waals surface area (Å²) in [7, 11) is 0. The van der Waals surface area contributed by atoms with Crippen molar-refractivity contribution in [3.63, 3.8) is 0 Å². The minimum atomic E-state index is 0.442. The third kappa shape index (κ3) is 5.12. The molecule has 2 rings (SSSR count). The van der Waals surface area contributed by atoms with Gasteiger partial charge < -0.3 is 19.9 Å². The van der Waals surface area contributed by atoms with Gasteiger partial charge in [0.15, 0.2) is 11.8 Å². The maximum atomic E-state index is 5.45. The van der Waals surface area contributed by atoms with Crippen LogP contribution in [0.1, 0.15) is 19.7 Å². The molecule has 0 aliphatic rings. The standard InChI is InChI=1S/C17H24N6O/c1-4-11-18-17(19-12-16-22-20-13-23(16)5-2)21-14-7-9-15(10-8-14)24-6-3/h4,7-10,13H,1,5-6,11-12H2,2-3H3,(H2,18,19,21). The molecule has 128 valence electrons. The van der Waals surface area contributed by atoms with Gasteiger partial charge in [-0.1, -0.05) is 6.08 Å². The summed E-state index contributed by atoms with van der Waals surface area (Å²) in [5.41, 5.74) is 0.922. The SMILES string of the molecule is C=CCNC(=NCc1nncn1CC)Nc1ccc(OCC)cc1. The molecule has 0 fully saturated rings. The van der Waals surface area contributed by atoms with Crippen LogP contribution in [0.3, 0.4) is 0 Å². The fourth-order valence-electron chi connectivity index (χ4n) is 2.06. The Hall–Kier alpha value is -2.83. The fourth-order valence-corrected chi connectivity index (χ4v) is 2.06. The number of hydrogen-bond donors (Lipinski definition) is 2. The van der Waals surface area contributed by atoms with E-state index in [1.807, 2.05) is 42.7 Å². The lowest BCUT2D eigenvalue weighted by atomic mass is 10.3. The van der Waals surface area contributed by atoms with Crippen molar-refractivity contribution in [3.05, 3.63) is 49.1 Å². The van der Waals surface area contributed by atoms with Crippen LogP contribution in [-0.4, -0.2) is 33.9 Å². The monoisotopic (exact) mass is 328 g/mol. The van der Waals surface area contributed by atoms with Crippen LogP contribution in [-0.2, 0) is 13.1 Å². The Labute approximate surface area is 142 Å². The number of rotatable bonds is 8. The average molecular weight is 328 g/mol. The Kier molecular flexibility index (Phi) is 6.82. The summed E-state index contributed by atoms with van der Waals surface area (Å²) in [6.45, 7) is 10.3. The Morgan fingerprint density at radius 2 is 2.12 bits per heavy atom. The van der Waals surface area contributed by atoms with Crippen molar-refractivity contribution < 1.29 is 4.74 Å². The van der Waals surface area contributed by atoms with E-state index < -0.39 is 0 Å². The highest BCUT2D eigenvalue weighted by atomic mass is 16.5. The first kappa shape index (κ1) is 17.5. The first-order valence-corrected chi connectivity index (χ1v) is 8.02. The largest absolute Gasteiger partial charge is 0.494 e. The summed E-state index contributed by atoms with van der Waals surface area (Å²) < 4.78 is 7.41. The van der Waals surface area contributed by atoms with E-state index in [0.717, 1.165) is 23.8 Å². The molecule has 7 nitrogen and oxygen atoms in total. The molecule has 2 aromatic rings. The van der Waals surface area contributed by atoms with Crippen molar-refractivity contribution in [3.8, 4) is 5.75 Å². The lowest BCUT2D eigenvalue weighted by Gasteiger charge is -2.12. The second kappa shape index (κ2) is 9.34. The molecule has 24 heavy (non-hydrogen) atoms. The maximum absolute atomic E-state index is 5.45. The highest BCUT2D eigenvalue weighted by Crippen LogP contribution is 2.15. The van der Waals surface area contributed by atoms with Crippen LogP contribution in [0.5, 0.6) is 5.75 Å². The molecule has 0 aliphatic heterocycles. The number of guanidine groups is 1. The predicted octanol–water partition coefficient (Wildman–Crippen LogP) is 2.44. The van der Waals surface area contributed by atoms with Gasteiger partial charge in [-0.05, 0) is 38.1 Å². The molecule has 0 radical (unpaired) electrons. The van der Waals surface area contributed by atoms with Gasteiger partial charge in [0.2, 0.25) is 0 Å². The Bertz CT molecular complexity index is 662. The lowest BCUT2D eigenvalue weighted by molar-refractivity contribution is 0.340. The van der Waals surface area contributed by atoms with E-state index in [9.17, 15) is 0 Å². The molecule has 0 atom stereocenters. The van der Waals surface area contributed by atoms with Crippen LogP contribution >= 0.6 is 0 Å². The molecule has 7 heteroatoms. The zero-order chi connectivity index (χ0) is 17.2. The average Bonchev–Trinajstić information content (AvgIpc) is 3.06. The predicted molar refractivity (Wildman–Crippen MR) is 96.3 cm³/mol. The second-order valence-corrected chi connectivity index (χ2v) is 4.95. The number of nitrogens with one attached hydrogen (secondary N) is 2. The number of nitrogens with zero attached hydrogens (tertiary/aromatic N) is 4. The van der Waals surface area contributed by atoms with Crippen molar-refractivity contribution in [2.45, 2.75) is 26.9 Å². The molecule has 0 saturated heterocycles. The zero-order valence-electron chi connectivity index (χ0n) is 14.2. The van der Waals surface area contributed by atoms with Crippen molar-refractivity contribution in [2.24, 2.45) is 4.99 Å². The third-order valence-electron chi connectivity index (χ3n) is 3.26. The molecule has 1 aromatic heterocycles. The first-order chi connectivity index (χ1) is 11.8. The van der Waals surface area contributed by atoms with E-state index in [2.05, 4.69) is 32.4 Å². The minimum Gasteiger partial charge on any atom is -0.494 e. The molecule has 0 spiro atoms. The molecule has 0 aliphatic carbocycles. The summed E-state index contributed by atoms with van der Waals surface area (Å²) in [6.07, 6.45) is 3.49. The number of ether oxygens (including phenoxy) is 1. The van der Waals surface area contributed by atoms with Gasteiger partial charge in [0.1, 0.15) is 18.6 Å². The van der Waals surface area contributed by atoms with E-state index in [-0.39, 0.29) is 0 Å². The maximum Gasteiger partial charge on any atom is 0.196 e. The molecule has 2 N–H and O–H groups in total. The molecule has 1 aromatic carbocycles. The van der Waals surface area contributed by atoms with E-state index in [1.54, 1.807) is 12.4 Å². The smallest absolute Gasteiger partial charge is 0.196 e. The number of benzene rings is 1. The summed E-state index contributed by atoms with van der Waals surface area (Å²) >= 11 is 0. The van der Waals surface area contributed by atoms with E-state index in [0.29, 0.717) is 25.7 Å². The van der Waals surface area contributed by atoms with Crippen molar-refractivity contribution >= 4 is 11.6 Å².